The molecule has 0 spiro atoms. The molecule has 0 saturated heterocycles. The van der Waals surface area contributed by atoms with Crippen molar-refractivity contribution in [2.75, 3.05) is 25.9 Å². The molecule has 0 aliphatic rings. The zero-order valence-electron chi connectivity index (χ0n) is 9.70. The van der Waals surface area contributed by atoms with Crippen LogP contribution in [0.25, 0.3) is 0 Å². The van der Waals surface area contributed by atoms with Crippen LogP contribution in [-0.2, 0) is 0 Å². The fourth-order valence-corrected chi connectivity index (χ4v) is 1.34. The number of hydrogen-bond acceptors (Lipinski definition) is 5. The largest absolute Gasteiger partial charge is 0.393 e. The van der Waals surface area contributed by atoms with E-state index in [0.29, 0.717) is 19.2 Å². The van der Waals surface area contributed by atoms with Crippen LogP contribution in [0.2, 0.25) is 0 Å². The Hall–Kier alpha value is -2.22. The minimum Gasteiger partial charge on any atom is -0.393 e. The lowest BCUT2D eigenvalue weighted by Gasteiger charge is -2.07. The quantitative estimate of drug-likeness (QED) is 0.303. The summed E-state index contributed by atoms with van der Waals surface area (Å²) in [6, 6.07) is 1.55. The molecule has 0 aromatic heterocycles. The molecular formula is C10H13FN4O3. The van der Waals surface area contributed by atoms with Gasteiger partial charge in [-0.05, 0) is 13.1 Å². The van der Waals surface area contributed by atoms with Gasteiger partial charge in [-0.3, -0.25) is 14.9 Å². The van der Waals surface area contributed by atoms with Crippen molar-refractivity contribution in [2.45, 2.75) is 0 Å². The van der Waals surface area contributed by atoms with E-state index in [-0.39, 0.29) is 11.3 Å². The van der Waals surface area contributed by atoms with Gasteiger partial charge in [0.25, 0.3) is 11.6 Å². The highest BCUT2D eigenvalue weighted by molar-refractivity contribution is 6.01. The third kappa shape index (κ3) is 3.14. The second-order valence-electron chi connectivity index (χ2n) is 3.50. The molecule has 1 aromatic rings. The van der Waals surface area contributed by atoms with Gasteiger partial charge in [-0.1, -0.05) is 0 Å². The van der Waals surface area contributed by atoms with E-state index in [4.69, 9.17) is 5.73 Å². The number of nitrogens with one attached hydrogen (secondary N) is 2. The van der Waals surface area contributed by atoms with Crippen molar-refractivity contribution in [3.05, 3.63) is 33.6 Å². The van der Waals surface area contributed by atoms with Crippen molar-refractivity contribution in [3.8, 4) is 0 Å². The number of rotatable bonds is 5. The Morgan fingerprint density at radius 1 is 1.50 bits per heavy atom. The van der Waals surface area contributed by atoms with Gasteiger partial charge in [-0.2, -0.15) is 0 Å². The number of likely N-dealkylation sites (N-methyl/N-ethyl adjacent to an activating group) is 1. The molecule has 98 valence electrons. The average molecular weight is 256 g/mol. The molecule has 0 heterocycles. The van der Waals surface area contributed by atoms with E-state index in [1.807, 2.05) is 0 Å². The van der Waals surface area contributed by atoms with E-state index in [2.05, 4.69) is 10.6 Å². The first kappa shape index (κ1) is 13.8. The Balaban J connectivity index is 3.01. The van der Waals surface area contributed by atoms with Crippen molar-refractivity contribution in [1.29, 1.82) is 0 Å². The van der Waals surface area contributed by atoms with E-state index in [1.165, 1.54) is 0 Å². The summed E-state index contributed by atoms with van der Waals surface area (Å²) in [5, 5.41) is 15.9. The molecule has 1 aromatic carbocycles. The zero-order valence-corrected chi connectivity index (χ0v) is 9.70. The van der Waals surface area contributed by atoms with E-state index < -0.39 is 22.3 Å². The summed E-state index contributed by atoms with van der Waals surface area (Å²) in [6.45, 7) is 0.822. The average Bonchev–Trinajstić information content (AvgIpc) is 2.31. The Morgan fingerprint density at radius 3 is 2.72 bits per heavy atom. The first-order valence-corrected chi connectivity index (χ1v) is 5.13. The summed E-state index contributed by atoms with van der Waals surface area (Å²) in [5.41, 5.74) is 4.27. The SMILES string of the molecule is CNCCNC(=O)c1cc(F)cc([N+](=O)[O-])c1N. The highest BCUT2D eigenvalue weighted by Crippen LogP contribution is 2.26. The maximum absolute atomic E-state index is 13.2. The fraction of sp³-hybridized carbons (Fsp3) is 0.300. The first-order chi connectivity index (χ1) is 8.47. The van der Waals surface area contributed by atoms with Gasteiger partial charge < -0.3 is 16.4 Å². The van der Waals surface area contributed by atoms with Gasteiger partial charge in [-0.15, -0.1) is 0 Å². The summed E-state index contributed by atoms with van der Waals surface area (Å²) >= 11 is 0. The van der Waals surface area contributed by atoms with Gasteiger partial charge in [0.2, 0.25) is 0 Å². The van der Waals surface area contributed by atoms with Crippen LogP contribution in [0.1, 0.15) is 10.4 Å². The minimum absolute atomic E-state index is 0.238. The predicted octanol–water partition coefficient (Wildman–Crippen LogP) is 0.265. The van der Waals surface area contributed by atoms with Crippen LogP contribution in [0.4, 0.5) is 15.8 Å². The molecule has 0 saturated carbocycles. The Kier molecular flexibility index (Phi) is 4.55. The molecule has 18 heavy (non-hydrogen) atoms. The lowest BCUT2D eigenvalue weighted by molar-refractivity contribution is -0.384. The molecule has 1 amide bonds. The number of amides is 1. The van der Waals surface area contributed by atoms with Crippen molar-refractivity contribution in [3.63, 3.8) is 0 Å². The number of anilines is 1. The Bertz CT molecular complexity index is 478. The molecule has 0 unspecified atom stereocenters. The molecule has 0 aliphatic carbocycles. The summed E-state index contributed by atoms with van der Waals surface area (Å²) in [4.78, 5) is 21.5. The number of halogens is 1. The third-order valence-corrected chi connectivity index (χ3v) is 2.22. The second kappa shape index (κ2) is 5.92. The van der Waals surface area contributed by atoms with Gasteiger partial charge in [-0.25, -0.2) is 4.39 Å². The van der Waals surface area contributed by atoms with Crippen LogP contribution in [-0.4, -0.2) is 31.0 Å². The van der Waals surface area contributed by atoms with Crippen LogP contribution in [0.3, 0.4) is 0 Å². The maximum atomic E-state index is 13.2. The molecule has 0 fully saturated rings. The van der Waals surface area contributed by atoms with Gasteiger partial charge >= 0.3 is 0 Å². The van der Waals surface area contributed by atoms with Gasteiger partial charge in [0, 0.05) is 13.1 Å². The molecule has 8 heteroatoms. The molecule has 0 bridgehead atoms. The lowest BCUT2D eigenvalue weighted by Crippen LogP contribution is -2.31. The fourth-order valence-electron chi connectivity index (χ4n) is 1.34. The summed E-state index contributed by atoms with van der Waals surface area (Å²) < 4.78 is 13.2. The van der Waals surface area contributed by atoms with Gasteiger partial charge in [0.05, 0.1) is 16.6 Å². The lowest BCUT2D eigenvalue weighted by atomic mass is 10.1. The van der Waals surface area contributed by atoms with Crippen LogP contribution in [0, 0.1) is 15.9 Å². The Labute approximate surface area is 102 Å². The topological polar surface area (TPSA) is 110 Å². The smallest absolute Gasteiger partial charge is 0.295 e. The van der Waals surface area contributed by atoms with Gasteiger partial charge in [0.15, 0.2) is 0 Å². The maximum Gasteiger partial charge on any atom is 0.295 e. The minimum atomic E-state index is -0.880. The normalized spacial score (nSPS) is 10.1. The number of nitrogens with two attached hydrogens (primary N) is 1. The number of nitro groups is 1. The van der Waals surface area contributed by atoms with Crippen LogP contribution < -0.4 is 16.4 Å². The third-order valence-electron chi connectivity index (χ3n) is 2.22. The van der Waals surface area contributed by atoms with Crippen molar-refractivity contribution < 1.29 is 14.1 Å². The highest BCUT2D eigenvalue weighted by atomic mass is 19.1. The zero-order chi connectivity index (χ0) is 13.7. The number of nitro benzene ring substituents is 1. The van der Waals surface area contributed by atoms with Crippen molar-refractivity contribution in [2.24, 2.45) is 0 Å². The number of hydrogen-bond donors (Lipinski definition) is 3. The Morgan fingerprint density at radius 2 is 2.17 bits per heavy atom. The number of carbonyl (C=O) groups is 1. The standard InChI is InChI=1S/C10H13FN4O3/c1-13-2-3-14-10(16)7-4-6(11)5-8(9(7)12)15(17)18/h4-5,13H,2-3,12H2,1H3,(H,14,16). The van der Waals surface area contributed by atoms with E-state index in [9.17, 15) is 19.3 Å². The molecule has 1 rings (SSSR count). The molecule has 0 atom stereocenters. The molecule has 0 radical (unpaired) electrons. The molecule has 7 nitrogen and oxygen atoms in total. The summed E-state index contributed by atoms with van der Waals surface area (Å²) in [6.07, 6.45) is 0. The van der Waals surface area contributed by atoms with E-state index in [0.717, 1.165) is 6.07 Å². The van der Waals surface area contributed by atoms with Gasteiger partial charge in [0.1, 0.15) is 11.5 Å². The van der Waals surface area contributed by atoms with Crippen molar-refractivity contribution in [1.82, 2.24) is 10.6 Å². The molecular weight excluding hydrogens is 243 g/mol. The van der Waals surface area contributed by atoms with Crippen LogP contribution >= 0.6 is 0 Å². The van der Waals surface area contributed by atoms with Crippen LogP contribution in [0.5, 0.6) is 0 Å². The van der Waals surface area contributed by atoms with Crippen LogP contribution in [0.15, 0.2) is 12.1 Å². The van der Waals surface area contributed by atoms with E-state index in [1.54, 1.807) is 7.05 Å². The first-order valence-electron chi connectivity index (χ1n) is 5.13. The number of nitrogens with zero attached hydrogens (tertiary/aromatic N) is 1. The summed E-state index contributed by atoms with van der Waals surface area (Å²) in [7, 11) is 1.70. The highest BCUT2D eigenvalue weighted by Gasteiger charge is 2.21. The van der Waals surface area contributed by atoms with Crippen molar-refractivity contribution >= 4 is 17.3 Å². The van der Waals surface area contributed by atoms with E-state index >= 15 is 0 Å². The second-order valence-corrected chi connectivity index (χ2v) is 3.50. The molecule has 0 aliphatic heterocycles. The number of carbonyl (C=O) groups excluding carboxylic acids is 1. The molecule has 4 N–H and O–H groups in total. The summed E-state index contributed by atoms with van der Waals surface area (Å²) in [5.74, 6) is -1.53. The predicted molar refractivity (Wildman–Crippen MR) is 63.7 cm³/mol. The number of benzene rings is 1. The monoisotopic (exact) mass is 256 g/mol. The number of nitrogen functional groups attached to an aromatic ring is 1.